The van der Waals surface area contributed by atoms with Gasteiger partial charge in [-0.1, -0.05) is 28.1 Å². The summed E-state index contributed by atoms with van der Waals surface area (Å²) in [6.45, 7) is 3.50. The van der Waals surface area contributed by atoms with Gasteiger partial charge in [-0.3, -0.25) is 0 Å². The Kier molecular flexibility index (Phi) is 5.01. The van der Waals surface area contributed by atoms with Crippen molar-refractivity contribution in [3.63, 3.8) is 0 Å². The van der Waals surface area contributed by atoms with Gasteiger partial charge in [0.1, 0.15) is 0 Å². The van der Waals surface area contributed by atoms with Crippen molar-refractivity contribution >= 4 is 15.9 Å². The lowest BCUT2D eigenvalue weighted by atomic mass is 10.0. The van der Waals surface area contributed by atoms with Crippen LogP contribution in [0.5, 0.6) is 0 Å². The third kappa shape index (κ3) is 4.09. The van der Waals surface area contributed by atoms with Crippen molar-refractivity contribution in [1.29, 1.82) is 0 Å². The molecular formula is C14H21BrN2. The van der Waals surface area contributed by atoms with Crippen LogP contribution in [-0.2, 0) is 6.42 Å². The lowest BCUT2D eigenvalue weighted by Crippen LogP contribution is -2.41. The number of nitrogens with zero attached hydrogens (tertiary/aromatic N) is 1. The van der Waals surface area contributed by atoms with Crippen molar-refractivity contribution in [2.24, 2.45) is 0 Å². The van der Waals surface area contributed by atoms with Gasteiger partial charge in [0.25, 0.3) is 0 Å². The number of likely N-dealkylation sites (N-methyl/N-ethyl adjacent to an activating group) is 1. The molecule has 0 amide bonds. The summed E-state index contributed by atoms with van der Waals surface area (Å²) in [4.78, 5) is 2.52. The van der Waals surface area contributed by atoms with Gasteiger partial charge in [0.2, 0.25) is 0 Å². The van der Waals surface area contributed by atoms with E-state index >= 15 is 0 Å². The second-order valence-corrected chi connectivity index (χ2v) is 5.76. The Labute approximate surface area is 113 Å². The summed E-state index contributed by atoms with van der Waals surface area (Å²) in [6, 6.07) is 9.39. The van der Waals surface area contributed by atoms with Crippen LogP contribution in [0, 0.1) is 0 Å². The fourth-order valence-corrected chi connectivity index (χ4v) is 2.87. The van der Waals surface area contributed by atoms with Crippen LogP contribution < -0.4 is 5.32 Å². The molecule has 17 heavy (non-hydrogen) atoms. The molecule has 1 aromatic rings. The van der Waals surface area contributed by atoms with Crippen molar-refractivity contribution in [3.05, 3.63) is 34.3 Å². The highest BCUT2D eigenvalue weighted by atomic mass is 79.9. The van der Waals surface area contributed by atoms with Crippen molar-refractivity contribution in [2.45, 2.75) is 25.3 Å². The Morgan fingerprint density at radius 3 is 2.82 bits per heavy atom. The van der Waals surface area contributed by atoms with Gasteiger partial charge >= 0.3 is 0 Å². The topological polar surface area (TPSA) is 15.3 Å². The molecule has 94 valence electrons. The van der Waals surface area contributed by atoms with E-state index in [1.54, 1.807) is 0 Å². The van der Waals surface area contributed by atoms with Crippen LogP contribution in [0.3, 0.4) is 0 Å². The summed E-state index contributed by atoms with van der Waals surface area (Å²) >= 11 is 3.52. The summed E-state index contributed by atoms with van der Waals surface area (Å²) in [5, 5.41) is 3.42. The molecule has 0 aliphatic carbocycles. The first kappa shape index (κ1) is 13.1. The highest BCUT2D eigenvalue weighted by molar-refractivity contribution is 9.10. The van der Waals surface area contributed by atoms with E-state index in [1.165, 1.54) is 36.0 Å². The van der Waals surface area contributed by atoms with Gasteiger partial charge in [-0.15, -0.1) is 0 Å². The van der Waals surface area contributed by atoms with Crippen molar-refractivity contribution in [1.82, 2.24) is 10.2 Å². The van der Waals surface area contributed by atoms with E-state index in [4.69, 9.17) is 0 Å². The SMILES string of the molecule is CN(CCc1cccc(Br)c1)C1CCNCC1. The van der Waals surface area contributed by atoms with Gasteiger partial charge < -0.3 is 10.2 Å². The number of benzene rings is 1. The molecule has 1 saturated heterocycles. The molecule has 0 unspecified atom stereocenters. The Balaban J connectivity index is 1.80. The first-order valence-corrected chi connectivity index (χ1v) is 7.20. The second kappa shape index (κ2) is 6.53. The Bertz CT molecular complexity index is 348. The third-order valence-electron chi connectivity index (χ3n) is 3.57. The molecule has 1 aliphatic rings. The predicted octanol–water partition coefficient (Wildman–Crippen LogP) is 2.68. The summed E-state index contributed by atoms with van der Waals surface area (Å²) in [5.41, 5.74) is 1.42. The molecule has 2 rings (SSSR count). The molecule has 1 fully saturated rings. The molecule has 3 heteroatoms. The number of hydrogen-bond acceptors (Lipinski definition) is 2. The smallest absolute Gasteiger partial charge is 0.0178 e. The van der Waals surface area contributed by atoms with E-state index in [1.807, 2.05) is 0 Å². The maximum absolute atomic E-state index is 3.52. The maximum atomic E-state index is 3.52. The average Bonchev–Trinajstić information content (AvgIpc) is 2.37. The molecule has 1 aromatic carbocycles. The second-order valence-electron chi connectivity index (χ2n) is 4.84. The first-order valence-electron chi connectivity index (χ1n) is 6.41. The number of piperidine rings is 1. The van der Waals surface area contributed by atoms with E-state index < -0.39 is 0 Å². The van der Waals surface area contributed by atoms with Gasteiger partial charge in [-0.2, -0.15) is 0 Å². The summed E-state index contributed by atoms with van der Waals surface area (Å²) in [6.07, 6.45) is 3.71. The minimum absolute atomic E-state index is 0.767. The summed E-state index contributed by atoms with van der Waals surface area (Å²) < 4.78 is 1.18. The lowest BCUT2D eigenvalue weighted by molar-refractivity contribution is 0.201. The van der Waals surface area contributed by atoms with E-state index in [9.17, 15) is 0 Å². The standard InChI is InChI=1S/C14H21BrN2/c1-17(14-5-8-16-9-6-14)10-7-12-3-2-4-13(15)11-12/h2-4,11,14,16H,5-10H2,1H3. The van der Waals surface area contributed by atoms with E-state index in [0.29, 0.717) is 0 Å². The maximum Gasteiger partial charge on any atom is 0.0178 e. The Morgan fingerprint density at radius 1 is 1.35 bits per heavy atom. The zero-order valence-electron chi connectivity index (χ0n) is 10.5. The monoisotopic (exact) mass is 296 g/mol. The predicted molar refractivity (Wildman–Crippen MR) is 76.4 cm³/mol. The summed E-state index contributed by atoms with van der Waals surface area (Å²) in [7, 11) is 2.26. The fraction of sp³-hybridized carbons (Fsp3) is 0.571. The van der Waals surface area contributed by atoms with Gasteiger partial charge in [-0.25, -0.2) is 0 Å². The Hall–Kier alpha value is -0.380. The molecule has 0 radical (unpaired) electrons. The van der Waals surface area contributed by atoms with Gasteiger partial charge in [0.05, 0.1) is 0 Å². The van der Waals surface area contributed by atoms with Crippen LogP contribution in [0.25, 0.3) is 0 Å². The molecule has 0 saturated carbocycles. The molecular weight excluding hydrogens is 276 g/mol. The highest BCUT2D eigenvalue weighted by Gasteiger charge is 2.16. The number of halogens is 1. The largest absolute Gasteiger partial charge is 0.317 e. The quantitative estimate of drug-likeness (QED) is 0.919. The number of nitrogens with one attached hydrogen (secondary N) is 1. The molecule has 1 N–H and O–H groups in total. The zero-order chi connectivity index (χ0) is 12.1. The molecule has 0 spiro atoms. The lowest BCUT2D eigenvalue weighted by Gasteiger charge is -2.31. The van der Waals surface area contributed by atoms with Crippen LogP contribution in [0.4, 0.5) is 0 Å². The van der Waals surface area contributed by atoms with Crippen molar-refractivity contribution < 1.29 is 0 Å². The van der Waals surface area contributed by atoms with Crippen LogP contribution in [-0.4, -0.2) is 37.6 Å². The van der Waals surface area contributed by atoms with Crippen LogP contribution in [0.2, 0.25) is 0 Å². The van der Waals surface area contributed by atoms with Crippen molar-refractivity contribution in [2.75, 3.05) is 26.7 Å². The fourth-order valence-electron chi connectivity index (χ4n) is 2.43. The van der Waals surface area contributed by atoms with Crippen LogP contribution in [0.1, 0.15) is 18.4 Å². The van der Waals surface area contributed by atoms with Gasteiger partial charge in [0, 0.05) is 17.1 Å². The van der Waals surface area contributed by atoms with Crippen LogP contribution in [0.15, 0.2) is 28.7 Å². The van der Waals surface area contributed by atoms with Crippen LogP contribution >= 0.6 is 15.9 Å². The molecule has 2 nitrogen and oxygen atoms in total. The highest BCUT2D eigenvalue weighted by Crippen LogP contribution is 2.14. The van der Waals surface area contributed by atoms with Gasteiger partial charge in [-0.05, 0) is 57.1 Å². The minimum atomic E-state index is 0.767. The molecule has 0 bridgehead atoms. The average molecular weight is 297 g/mol. The molecule has 0 aromatic heterocycles. The van der Waals surface area contributed by atoms with E-state index in [2.05, 4.69) is 57.5 Å². The Morgan fingerprint density at radius 2 is 2.12 bits per heavy atom. The molecule has 0 atom stereocenters. The molecule has 1 heterocycles. The third-order valence-corrected chi connectivity index (χ3v) is 4.07. The zero-order valence-corrected chi connectivity index (χ0v) is 12.0. The van der Waals surface area contributed by atoms with E-state index in [0.717, 1.165) is 19.0 Å². The minimum Gasteiger partial charge on any atom is -0.317 e. The van der Waals surface area contributed by atoms with E-state index in [-0.39, 0.29) is 0 Å². The first-order chi connectivity index (χ1) is 8.25. The molecule has 1 aliphatic heterocycles. The van der Waals surface area contributed by atoms with Gasteiger partial charge in [0.15, 0.2) is 0 Å². The van der Waals surface area contributed by atoms with Crippen molar-refractivity contribution in [3.8, 4) is 0 Å². The summed E-state index contributed by atoms with van der Waals surface area (Å²) in [5.74, 6) is 0. The number of rotatable bonds is 4. The number of hydrogen-bond donors (Lipinski definition) is 1. The normalized spacial score (nSPS) is 17.6.